The third kappa shape index (κ3) is 63.5. The number of hydrogen-bond acceptors (Lipinski definition) is 15. The molecule has 0 spiro atoms. The van der Waals surface area contributed by atoms with Gasteiger partial charge in [-0.25, -0.2) is 9.13 Å². The van der Waals surface area contributed by atoms with E-state index in [1.807, 2.05) is 0 Å². The molecule has 17 nitrogen and oxygen atoms in total. The van der Waals surface area contributed by atoms with Crippen molar-refractivity contribution < 1.29 is 80.2 Å². The van der Waals surface area contributed by atoms with Crippen LogP contribution in [0.1, 0.15) is 369 Å². The van der Waals surface area contributed by atoms with Crippen LogP contribution in [0, 0.1) is 5.92 Å². The number of rotatable bonds is 71. The van der Waals surface area contributed by atoms with E-state index in [4.69, 9.17) is 37.0 Å². The van der Waals surface area contributed by atoms with Crippen molar-refractivity contribution in [1.29, 1.82) is 0 Å². The fourth-order valence-electron chi connectivity index (χ4n) is 10.8. The number of unbranched alkanes of at least 4 members (excludes halogenated alkanes) is 42. The van der Waals surface area contributed by atoms with Gasteiger partial charge in [-0.2, -0.15) is 0 Å². The smallest absolute Gasteiger partial charge is 0.462 e. The van der Waals surface area contributed by atoms with Crippen LogP contribution in [-0.4, -0.2) is 96.7 Å². The van der Waals surface area contributed by atoms with Crippen LogP contribution in [-0.2, 0) is 65.4 Å². The number of ether oxygens (including phenoxy) is 4. The molecule has 0 heterocycles. The zero-order valence-electron chi connectivity index (χ0n) is 58.3. The van der Waals surface area contributed by atoms with Crippen LogP contribution in [0.3, 0.4) is 0 Å². The zero-order valence-corrected chi connectivity index (χ0v) is 60.1. The Morgan fingerprint density at radius 3 is 0.789 bits per heavy atom. The van der Waals surface area contributed by atoms with Gasteiger partial charge >= 0.3 is 39.5 Å². The van der Waals surface area contributed by atoms with E-state index in [0.717, 1.165) is 95.8 Å². The lowest BCUT2D eigenvalue weighted by molar-refractivity contribution is -0.161. The number of carbonyl (C=O) groups is 4. The molecular formula is C71H138O17P2. The van der Waals surface area contributed by atoms with E-state index in [2.05, 4.69) is 34.6 Å². The quantitative estimate of drug-likeness (QED) is 0.0222. The van der Waals surface area contributed by atoms with Gasteiger partial charge in [0.2, 0.25) is 0 Å². The number of phosphoric acid groups is 2. The lowest BCUT2D eigenvalue weighted by Crippen LogP contribution is -2.30. The fourth-order valence-corrected chi connectivity index (χ4v) is 12.4. The Morgan fingerprint density at radius 1 is 0.311 bits per heavy atom. The van der Waals surface area contributed by atoms with Crippen LogP contribution in [0.15, 0.2) is 0 Å². The van der Waals surface area contributed by atoms with Crippen LogP contribution in [0.5, 0.6) is 0 Å². The molecule has 90 heavy (non-hydrogen) atoms. The highest BCUT2D eigenvalue weighted by molar-refractivity contribution is 7.47. The first kappa shape index (κ1) is 88.1. The van der Waals surface area contributed by atoms with Crippen LogP contribution in [0.4, 0.5) is 0 Å². The summed E-state index contributed by atoms with van der Waals surface area (Å²) in [6, 6.07) is 0. The predicted molar refractivity (Wildman–Crippen MR) is 363 cm³/mol. The van der Waals surface area contributed by atoms with Gasteiger partial charge in [0.1, 0.15) is 19.3 Å². The van der Waals surface area contributed by atoms with E-state index in [1.165, 1.54) is 193 Å². The van der Waals surface area contributed by atoms with Crippen LogP contribution in [0.2, 0.25) is 0 Å². The Kier molecular flexibility index (Phi) is 63.0. The molecule has 3 unspecified atom stereocenters. The molecule has 534 valence electrons. The monoisotopic (exact) mass is 1320 g/mol. The van der Waals surface area contributed by atoms with Gasteiger partial charge in [-0.05, 0) is 31.6 Å². The van der Waals surface area contributed by atoms with Crippen LogP contribution >= 0.6 is 15.6 Å². The molecule has 0 radical (unpaired) electrons. The summed E-state index contributed by atoms with van der Waals surface area (Å²) in [5.74, 6) is -1.40. The van der Waals surface area contributed by atoms with Gasteiger partial charge in [0.25, 0.3) is 0 Å². The standard InChI is InChI=1S/C71H138O17P2/c1-6-10-13-16-19-22-25-27-28-29-30-31-32-34-37-40-46-51-56-70(75)87-66(60-81-69(74)55-50-45-39-36-33-26-23-20-17-14-11-7-2)62-85-89(77,78)83-58-65(72)59-84-90(79,80)86-63-67(88-71(76)57-52-47-42-41-43-48-53-64(5)9-4)61-82-68(73)54-49-44-38-35-24-21-18-15-12-8-3/h64-67,72H,6-63H2,1-5H3,(H,77,78)(H,79,80)/t64?,65-,66-,67-/m1/s1. The maximum absolute atomic E-state index is 13.0. The van der Waals surface area contributed by atoms with Crippen molar-refractivity contribution in [3.63, 3.8) is 0 Å². The first-order valence-electron chi connectivity index (χ1n) is 37.2. The van der Waals surface area contributed by atoms with Crippen LogP contribution in [0.25, 0.3) is 0 Å². The Labute approximate surface area is 549 Å². The van der Waals surface area contributed by atoms with Gasteiger partial charge in [-0.1, -0.05) is 317 Å². The van der Waals surface area contributed by atoms with Gasteiger partial charge in [-0.15, -0.1) is 0 Å². The first-order chi connectivity index (χ1) is 43.6. The second-order valence-corrected chi connectivity index (χ2v) is 28.8. The molecular weight excluding hydrogens is 1190 g/mol. The molecule has 0 aliphatic carbocycles. The molecule has 0 saturated carbocycles. The molecule has 19 heteroatoms. The second-order valence-electron chi connectivity index (χ2n) is 25.9. The summed E-state index contributed by atoms with van der Waals surface area (Å²) in [6.45, 7) is 7.20. The maximum atomic E-state index is 13.0. The van der Waals surface area contributed by atoms with E-state index in [0.29, 0.717) is 25.7 Å². The van der Waals surface area contributed by atoms with Crippen molar-refractivity contribution in [1.82, 2.24) is 0 Å². The molecule has 0 aliphatic heterocycles. The molecule has 3 N–H and O–H groups in total. The molecule has 0 saturated heterocycles. The lowest BCUT2D eigenvalue weighted by Gasteiger charge is -2.21. The number of aliphatic hydroxyl groups excluding tert-OH is 1. The van der Waals surface area contributed by atoms with E-state index >= 15 is 0 Å². The van der Waals surface area contributed by atoms with Crippen molar-refractivity contribution >= 4 is 39.5 Å². The highest BCUT2D eigenvalue weighted by Gasteiger charge is 2.30. The molecule has 0 bridgehead atoms. The minimum atomic E-state index is -4.95. The predicted octanol–water partition coefficient (Wildman–Crippen LogP) is 20.5. The summed E-state index contributed by atoms with van der Waals surface area (Å²) in [5.41, 5.74) is 0. The minimum absolute atomic E-state index is 0.103. The number of hydrogen-bond donors (Lipinski definition) is 3. The average Bonchev–Trinajstić information content (AvgIpc) is 2.27. The summed E-state index contributed by atoms with van der Waals surface area (Å²) >= 11 is 0. The second kappa shape index (κ2) is 64.4. The molecule has 0 aromatic heterocycles. The molecule has 0 fully saturated rings. The highest BCUT2D eigenvalue weighted by atomic mass is 31.2. The van der Waals surface area contributed by atoms with Crippen molar-refractivity contribution in [2.24, 2.45) is 5.92 Å². The highest BCUT2D eigenvalue weighted by Crippen LogP contribution is 2.45. The van der Waals surface area contributed by atoms with E-state index in [1.54, 1.807) is 0 Å². The minimum Gasteiger partial charge on any atom is -0.462 e. The zero-order chi connectivity index (χ0) is 66.3. The van der Waals surface area contributed by atoms with Gasteiger partial charge in [0.15, 0.2) is 12.2 Å². The summed E-state index contributed by atoms with van der Waals surface area (Å²) in [7, 11) is -9.90. The fraction of sp³-hybridized carbons (Fsp3) is 0.944. The number of phosphoric ester groups is 2. The van der Waals surface area contributed by atoms with E-state index in [-0.39, 0.29) is 25.7 Å². The van der Waals surface area contributed by atoms with Crippen LogP contribution < -0.4 is 0 Å². The number of carbonyl (C=O) groups excluding carboxylic acids is 4. The molecule has 0 amide bonds. The Balaban J connectivity index is 5.21. The number of aliphatic hydroxyl groups is 1. The normalized spacial score (nSPS) is 14.4. The average molecular weight is 1330 g/mol. The summed E-state index contributed by atoms with van der Waals surface area (Å²) in [4.78, 5) is 72.5. The third-order valence-electron chi connectivity index (χ3n) is 16.9. The molecule has 0 aromatic carbocycles. The van der Waals surface area contributed by atoms with Crippen molar-refractivity contribution in [2.75, 3.05) is 39.6 Å². The lowest BCUT2D eigenvalue weighted by atomic mass is 10.00. The number of esters is 4. The van der Waals surface area contributed by atoms with Gasteiger partial charge in [0, 0.05) is 25.7 Å². The topological polar surface area (TPSA) is 237 Å². The summed E-state index contributed by atoms with van der Waals surface area (Å²) in [6.07, 6.45) is 51.3. The van der Waals surface area contributed by atoms with Gasteiger partial charge in [0.05, 0.1) is 26.4 Å². The first-order valence-corrected chi connectivity index (χ1v) is 40.2. The molecule has 0 aliphatic rings. The third-order valence-corrected chi connectivity index (χ3v) is 18.8. The van der Waals surface area contributed by atoms with Crippen molar-refractivity contribution in [3.05, 3.63) is 0 Å². The Morgan fingerprint density at radius 2 is 0.533 bits per heavy atom. The Bertz CT molecular complexity index is 1740. The van der Waals surface area contributed by atoms with Gasteiger partial charge in [-0.3, -0.25) is 37.3 Å². The SMILES string of the molecule is CCCCCCCCCCCCCCCCCCCCC(=O)O[C@H](COC(=O)CCCCCCCCCCCCCC)COP(=O)(O)OC[C@@H](O)COP(=O)(O)OC[C@@H](COC(=O)CCCCCCCCCCCC)OC(=O)CCCCCCCCC(C)CC. The summed E-state index contributed by atoms with van der Waals surface area (Å²) in [5, 5.41) is 10.6. The maximum Gasteiger partial charge on any atom is 0.472 e. The Hall–Kier alpha value is -1.94. The van der Waals surface area contributed by atoms with Gasteiger partial charge < -0.3 is 33.8 Å². The largest absolute Gasteiger partial charge is 0.472 e. The molecule has 6 atom stereocenters. The molecule has 0 rings (SSSR count). The van der Waals surface area contributed by atoms with Crippen molar-refractivity contribution in [3.8, 4) is 0 Å². The molecule has 0 aromatic rings. The van der Waals surface area contributed by atoms with Crippen molar-refractivity contribution in [2.45, 2.75) is 387 Å². The van der Waals surface area contributed by atoms with E-state index in [9.17, 15) is 43.2 Å². The summed E-state index contributed by atoms with van der Waals surface area (Å²) < 4.78 is 68.3. The van der Waals surface area contributed by atoms with E-state index < -0.39 is 97.5 Å².